The van der Waals surface area contributed by atoms with Gasteiger partial charge in [-0.3, -0.25) is 14.2 Å². The highest BCUT2D eigenvalue weighted by Gasteiger charge is 2.23. The molecule has 1 N–H and O–H groups in total. The predicted molar refractivity (Wildman–Crippen MR) is 116 cm³/mol. The number of carbonyl (C=O) groups excluding carboxylic acids is 1. The summed E-state index contributed by atoms with van der Waals surface area (Å²) in [6, 6.07) is 0.260. The van der Waals surface area contributed by atoms with Gasteiger partial charge in [0.25, 0.3) is 5.56 Å². The Morgan fingerprint density at radius 1 is 1.36 bits per heavy atom. The monoisotopic (exact) mass is 423 g/mol. The number of nitrogens with one attached hydrogen (secondary N) is 1. The third-order valence-corrected chi connectivity index (χ3v) is 7.64. The van der Waals surface area contributed by atoms with E-state index in [4.69, 9.17) is 9.72 Å². The number of hydrogen-bond acceptors (Lipinski definition) is 6. The van der Waals surface area contributed by atoms with Crippen LogP contribution in [-0.4, -0.2) is 41.0 Å². The molecule has 2 heterocycles. The van der Waals surface area contributed by atoms with Crippen LogP contribution in [0.2, 0.25) is 0 Å². The molecule has 0 saturated heterocycles. The summed E-state index contributed by atoms with van der Waals surface area (Å²) in [4.78, 5) is 32.1. The van der Waals surface area contributed by atoms with Crippen molar-refractivity contribution in [1.29, 1.82) is 0 Å². The third kappa shape index (κ3) is 4.60. The summed E-state index contributed by atoms with van der Waals surface area (Å²) in [5.74, 6) is 0.793. The minimum atomic E-state index is -0.0484. The van der Waals surface area contributed by atoms with Crippen LogP contribution in [0, 0.1) is 19.8 Å². The van der Waals surface area contributed by atoms with Crippen LogP contribution in [-0.2, 0) is 16.1 Å². The highest BCUT2D eigenvalue weighted by atomic mass is 32.2. The van der Waals surface area contributed by atoms with E-state index in [1.165, 1.54) is 42.4 Å². The average molecular weight is 424 g/mol. The van der Waals surface area contributed by atoms with Crippen molar-refractivity contribution in [3.63, 3.8) is 0 Å². The molecule has 154 valence electrons. The Hall–Kier alpha value is -1.38. The van der Waals surface area contributed by atoms with E-state index >= 15 is 0 Å². The van der Waals surface area contributed by atoms with Crippen LogP contribution in [0.1, 0.15) is 43.0 Å². The molecule has 28 heavy (non-hydrogen) atoms. The number of aryl methyl sites for hydroxylation is 2. The summed E-state index contributed by atoms with van der Waals surface area (Å²) >= 11 is 2.86. The maximum absolute atomic E-state index is 13.1. The Morgan fingerprint density at radius 3 is 2.82 bits per heavy atom. The molecule has 0 radical (unpaired) electrons. The zero-order valence-corrected chi connectivity index (χ0v) is 18.7. The van der Waals surface area contributed by atoms with E-state index in [1.807, 2.05) is 13.8 Å². The Kier molecular flexibility index (Phi) is 7.17. The number of hydrogen-bond donors (Lipinski definition) is 1. The van der Waals surface area contributed by atoms with E-state index in [0.717, 1.165) is 21.7 Å². The van der Waals surface area contributed by atoms with Crippen molar-refractivity contribution < 1.29 is 9.53 Å². The minimum Gasteiger partial charge on any atom is -0.383 e. The number of thioether (sulfide) groups is 1. The summed E-state index contributed by atoms with van der Waals surface area (Å²) in [5.41, 5.74) is 0.942. The molecule has 8 heteroatoms. The predicted octanol–water partition coefficient (Wildman–Crippen LogP) is 3.51. The molecule has 1 saturated carbocycles. The first-order chi connectivity index (χ1) is 13.4. The van der Waals surface area contributed by atoms with Gasteiger partial charge >= 0.3 is 0 Å². The summed E-state index contributed by atoms with van der Waals surface area (Å²) in [7, 11) is 1.61. The second-order valence-corrected chi connectivity index (χ2v) is 9.68. The summed E-state index contributed by atoms with van der Waals surface area (Å²) in [5, 5.41) is 4.44. The normalized spacial score (nSPS) is 19.9. The lowest BCUT2D eigenvalue weighted by molar-refractivity contribution is -0.119. The van der Waals surface area contributed by atoms with Crippen molar-refractivity contribution in [1.82, 2.24) is 14.9 Å². The van der Waals surface area contributed by atoms with Crippen LogP contribution < -0.4 is 10.9 Å². The van der Waals surface area contributed by atoms with Crippen molar-refractivity contribution in [3.05, 3.63) is 20.8 Å². The standard InChI is InChI=1S/C20H29N3O3S2/c1-12-7-5-6-8-15(12)21-16(24)11-27-20-22-18-17(13(2)14(3)28-18)19(25)23(20)9-10-26-4/h12,15H,5-11H2,1-4H3,(H,21,24). The average Bonchev–Trinajstić information content (AvgIpc) is 2.95. The number of amides is 1. The van der Waals surface area contributed by atoms with Crippen molar-refractivity contribution >= 4 is 39.2 Å². The van der Waals surface area contributed by atoms with Gasteiger partial charge in [0.1, 0.15) is 4.83 Å². The maximum Gasteiger partial charge on any atom is 0.263 e. The van der Waals surface area contributed by atoms with E-state index in [9.17, 15) is 9.59 Å². The van der Waals surface area contributed by atoms with Gasteiger partial charge in [-0.2, -0.15) is 0 Å². The molecule has 2 unspecified atom stereocenters. The number of carbonyl (C=O) groups is 1. The Bertz CT molecular complexity index is 906. The number of nitrogens with zero attached hydrogens (tertiary/aromatic N) is 2. The van der Waals surface area contributed by atoms with Crippen LogP contribution in [0.3, 0.4) is 0 Å². The van der Waals surface area contributed by atoms with Gasteiger partial charge in [-0.05, 0) is 38.2 Å². The molecule has 0 bridgehead atoms. The molecule has 2 atom stereocenters. The summed E-state index contributed by atoms with van der Waals surface area (Å²) in [6.07, 6.45) is 4.64. The second kappa shape index (κ2) is 9.41. The molecule has 3 rings (SSSR count). The Labute approximate surface area is 174 Å². The summed E-state index contributed by atoms with van der Waals surface area (Å²) < 4.78 is 6.81. The molecule has 1 aliphatic carbocycles. The fourth-order valence-electron chi connectivity index (χ4n) is 3.71. The zero-order chi connectivity index (χ0) is 20.3. The van der Waals surface area contributed by atoms with Gasteiger partial charge in [-0.1, -0.05) is 31.5 Å². The second-order valence-electron chi connectivity index (χ2n) is 7.53. The quantitative estimate of drug-likeness (QED) is 0.545. The number of fused-ring (bicyclic) bond motifs is 1. The molecule has 0 aliphatic heterocycles. The van der Waals surface area contributed by atoms with Gasteiger partial charge in [0.2, 0.25) is 5.91 Å². The molecule has 0 aromatic carbocycles. The molecule has 2 aromatic heterocycles. The number of ether oxygens (including phenoxy) is 1. The third-order valence-electron chi connectivity index (χ3n) is 5.56. The van der Waals surface area contributed by atoms with Crippen LogP contribution >= 0.6 is 23.1 Å². The van der Waals surface area contributed by atoms with Gasteiger partial charge in [-0.15, -0.1) is 11.3 Å². The van der Waals surface area contributed by atoms with Crippen molar-refractivity contribution in [2.45, 2.75) is 64.2 Å². The molecule has 6 nitrogen and oxygen atoms in total. The highest BCUT2D eigenvalue weighted by Crippen LogP contribution is 2.28. The minimum absolute atomic E-state index is 0.00919. The van der Waals surface area contributed by atoms with E-state index in [1.54, 1.807) is 11.7 Å². The molecular formula is C20H29N3O3S2. The van der Waals surface area contributed by atoms with E-state index in [2.05, 4.69) is 12.2 Å². The van der Waals surface area contributed by atoms with E-state index in [-0.39, 0.29) is 23.3 Å². The van der Waals surface area contributed by atoms with Gasteiger partial charge < -0.3 is 10.1 Å². The molecule has 1 amide bonds. The van der Waals surface area contributed by atoms with Gasteiger partial charge in [-0.25, -0.2) is 4.98 Å². The van der Waals surface area contributed by atoms with Gasteiger partial charge in [0, 0.05) is 18.0 Å². The summed E-state index contributed by atoms with van der Waals surface area (Å²) in [6.45, 7) is 7.02. The van der Waals surface area contributed by atoms with E-state index in [0.29, 0.717) is 29.6 Å². The van der Waals surface area contributed by atoms with Crippen molar-refractivity contribution in [2.24, 2.45) is 5.92 Å². The van der Waals surface area contributed by atoms with Gasteiger partial charge in [0.05, 0.1) is 24.3 Å². The molecule has 0 spiro atoms. The SMILES string of the molecule is COCCn1c(SCC(=O)NC2CCCCC2C)nc2sc(C)c(C)c2c1=O. The number of aromatic nitrogens is 2. The lowest BCUT2D eigenvalue weighted by Crippen LogP contribution is -2.42. The lowest BCUT2D eigenvalue weighted by atomic mass is 9.86. The number of rotatable bonds is 7. The van der Waals surface area contributed by atoms with Crippen molar-refractivity contribution in [3.8, 4) is 0 Å². The molecule has 1 fully saturated rings. The molecular weight excluding hydrogens is 394 g/mol. The van der Waals surface area contributed by atoms with Crippen LogP contribution in [0.4, 0.5) is 0 Å². The van der Waals surface area contributed by atoms with E-state index < -0.39 is 0 Å². The maximum atomic E-state index is 13.1. The molecule has 1 aliphatic rings. The van der Waals surface area contributed by atoms with Crippen LogP contribution in [0.15, 0.2) is 9.95 Å². The first-order valence-corrected chi connectivity index (χ1v) is 11.6. The highest BCUT2D eigenvalue weighted by molar-refractivity contribution is 7.99. The van der Waals surface area contributed by atoms with Crippen LogP contribution in [0.5, 0.6) is 0 Å². The van der Waals surface area contributed by atoms with Gasteiger partial charge in [0.15, 0.2) is 5.16 Å². The largest absolute Gasteiger partial charge is 0.383 e. The number of thiophene rings is 1. The number of methoxy groups -OCH3 is 1. The molecule has 2 aromatic rings. The fourth-order valence-corrected chi connectivity index (χ4v) is 5.61. The lowest BCUT2D eigenvalue weighted by Gasteiger charge is -2.29. The Balaban J connectivity index is 1.79. The Morgan fingerprint density at radius 2 is 2.11 bits per heavy atom. The van der Waals surface area contributed by atoms with Crippen molar-refractivity contribution in [2.75, 3.05) is 19.5 Å². The van der Waals surface area contributed by atoms with Crippen LogP contribution in [0.25, 0.3) is 10.2 Å². The smallest absolute Gasteiger partial charge is 0.263 e. The zero-order valence-electron chi connectivity index (χ0n) is 17.0. The first kappa shape index (κ1) is 21.3. The fraction of sp³-hybridized carbons (Fsp3) is 0.650. The topological polar surface area (TPSA) is 73.2 Å². The first-order valence-electron chi connectivity index (χ1n) is 9.84.